The Hall–Kier alpha value is -1.18. The number of carbonyl (C=O) groups is 1. The van der Waals surface area contributed by atoms with Crippen molar-refractivity contribution in [2.45, 2.75) is 0 Å². The second-order valence-electron chi connectivity index (χ2n) is 4.52. The molecule has 0 saturated carbocycles. The van der Waals surface area contributed by atoms with Gasteiger partial charge in [0.05, 0.1) is 10.6 Å². The Morgan fingerprint density at radius 2 is 2.05 bits per heavy atom. The SMILES string of the molecule is O=C1OC(c2cc(I)ccc2Cl)=N/C1=C\c1cccc(Br)c1. The third-order valence-corrected chi connectivity index (χ3v) is 4.43. The van der Waals surface area contributed by atoms with Gasteiger partial charge in [-0.3, -0.25) is 0 Å². The lowest BCUT2D eigenvalue weighted by molar-refractivity contribution is -0.129. The number of nitrogens with zero attached hydrogens (tertiary/aromatic N) is 1. The summed E-state index contributed by atoms with van der Waals surface area (Å²) in [4.78, 5) is 16.3. The first-order chi connectivity index (χ1) is 10.5. The maximum atomic E-state index is 12.0. The molecule has 0 radical (unpaired) electrons. The van der Waals surface area contributed by atoms with Crippen molar-refractivity contribution in [3.63, 3.8) is 0 Å². The Morgan fingerprint density at radius 3 is 2.82 bits per heavy atom. The van der Waals surface area contributed by atoms with E-state index in [9.17, 15) is 4.79 Å². The van der Waals surface area contributed by atoms with E-state index in [0.717, 1.165) is 13.6 Å². The third-order valence-electron chi connectivity index (χ3n) is 2.93. The van der Waals surface area contributed by atoms with Gasteiger partial charge in [0.15, 0.2) is 5.70 Å². The van der Waals surface area contributed by atoms with Gasteiger partial charge in [0, 0.05) is 8.04 Å². The zero-order valence-electron chi connectivity index (χ0n) is 11.0. The summed E-state index contributed by atoms with van der Waals surface area (Å²) in [6.45, 7) is 0. The summed E-state index contributed by atoms with van der Waals surface area (Å²) in [5.74, 6) is -0.250. The van der Waals surface area contributed by atoms with E-state index in [2.05, 4.69) is 43.5 Å². The molecule has 110 valence electrons. The van der Waals surface area contributed by atoms with E-state index in [-0.39, 0.29) is 11.6 Å². The van der Waals surface area contributed by atoms with E-state index in [1.165, 1.54) is 0 Å². The summed E-state index contributed by atoms with van der Waals surface area (Å²) in [5, 5.41) is 0.496. The lowest BCUT2D eigenvalue weighted by Crippen LogP contribution is -2.06. The minimum atomic E-state index is -0.482. The fourth-order valence-electron chi connectivity index (χ4n) is 1.94. The minimum absolute atomic E-state index is 0.231. The number of benzene rings is 2. The summed E-state index contributed by atoms with van der Waals surface area (Å²) in [5.41, 5.74) is 1.72. The zero-order chi connectivity index (χ0) is 15.7. The van der Waals surface area contributed by atoms with Crippen molar-refractivity contribution >= 4 is 68.1 Å². The van der Waals surface area contributed by atoms with Crippen molar-refractivity contribution in [3.05, 3.63) is 72.4 Å². The lowest BCUT2D eigenvalue weighted by atomic mass is 10.2. The van der Waals surface area contributed by atoms with Crippen molar-refractivity contribution in [1.82, 2.24) is 0 Å². The van der Waals surface area contributed by atoms with Gasteiger partial charge in [-0.05, 0) is 64.6 Å². The highest BCUT2D eigenvalue weighted by Crippen LogP contribution is 2.25. The Kier molecular flexibility index (Phi) is 4.65. The van der Waals surface area contributed by atoms with Crippen LogP contribution < -0.4 is 0 Å². The largest absolute Gasteiger partial charge is 0.402 e. The Labute approximate surface area is 154 Å². The predicted molar refractivity (Wildman–Crippen MR) is 98.9 cm³/mol. The minimum Gasteiger partial charge on any atom is -0.402 e. The highest BCUT2D eigenvalue weighted by Gasteiger charge is 2.25. The van der Waals surface area contributed by atoms with Crippen molar-refractivity contribution in [1.29, 1.82) is 0 Å². The average molecular weight is 489 g/mol. The Bertz CT molecular complexity index is 833. The number of hydrogen-bond acceptors (Lipinski definition) is 3. The second kappa shape index (κ2) is 6.52. The van der Waals surface area contributed by atoms with Gasteiger partial charge in [0.2, 0.25) is 5.90 Å². The van der Waals surface area contributed by atoms with Crippen molar-refractivity contribution in [3.8, 4) is 0 Å². The first kappa shape index (κ1) is 15.7. The summed E-state index contributed by atoms with van der Waals surface area (Å²) >= 11 is 11.7. The maximum Gasteiger partial charge on any atom is 0.363 e. The third kappa shape index (κ3) is 3.42. The van der Waals surface area contributed by atoms with E-state index >= 15 is 0 Å². The molecule has 0 amide bonds. The number of rotatable bonds is 2. The van der Waals surface area contributed by atoms with Crippen LogP contribution in [-0.4, -0.2) is 11.9 Å². The summed E-state index contributed by atoms with van der Waals surface area (Å²) in [6.07, 6.45) is 1.68. The van der Waals surface area contributed by atoms with Crippen molar-refractivity contribution in [2.24, 2.45) is 4.99 Å². The van der Waals surface area contributed by atoms with Crippen molar-refractivity contribution < 1.29 is 9.53 Å². The molecule has 2 aromatic carbocycles. The molecule has 2 aromatic rings. The molecule has 0 atom stereocenters. The van der Waals surface area contributed by atoms with Gasteiger partial charge in [-0.2, -0.15) is 0 Å². The molecule has 1 aliphatic rings. The average Bonchev–Trinajstić information content (AvgIpc) is 2.83. The Morgan fingerprint density at radius 1 is 1.23 bits per heavy atom. The molecular weight excluding hydrogens is 480 g/mol. The molecule has 0 fully saturated rings. The van der Waals surface area contributed by atoms with Gasteiger partial charge >= 0.3 is 5.97 Å². The Balaban J connectivity index is 2.00. The second-order valence-corrected chi connectivity index (χ2v) is 7.08. The maximum absolute atomic E-state index is 12.0. The number of hydrogen-bond donors (Lipinski definition) is 0. The van der Waals surface area contributed by atoms with E-state index < -0.39 is 5.97 Å². The van der Waals surface area contributed by atoms with E-state index in [4.69, 9.17) is 16.3 Å². The molecule has 0 unspecified atom stereocenters. The number of halogens is 3. The van der Waals surface area contributed by atoms with Crippen molar-refractivity contribution in [2.75, 3.05) is 0 Å². The molecule has 0 spiro atoms. The molecule has 0 aromatic heterocycles. The van der Waals surface area contributed by atoms with E-state index in [0.29, 0.717) is 10.6 Å². The summed E-state index contributed by atoms with van der Waals surface area (Å²) < 4.78 is 7.16. The quantitative estimate of drug-likeness (QED) is 0.337. The van der Waals surface area contributed by atoms with Gasteiger partial charge in [0.25, 0.3) is 0 Å². The topological polar surface area (TPSA) is 38.7 Å². The van der Waals surface area contributed by atoms with Crippen LogP contribution >= 0.6 is 50.1 Å². The van der Waals surface area contributed by atoms with E-state index in [1.807, 2.05) is 36.4 Å². The molecule has 6 heteroatoms. The van der Waals surface area contributed by atoms with Crippen LogP contribution in [0.1, 0.15) is 11.1 Å². The van der Waals surface area contributed by atoms with Crippen LogP contribution in [0.5, 0.6) is 0 Å². The molecule has 0 aliphatic carbocycles. The molecule has 0 saturated heterocycles. The van der Waals surface area contributed by atoms with Crippen LogP contribution in [0.15, 0.2) is 57.6 Å². The predicted octanol–water partition coefficient (Wildman–Crippen LogP) is 5.05. The number of aliphatic imine (C=N–C) groups is 1. The van der Waals surface area contributed by atoms with Crippen LogP contribution in [0, 0.1) is 3.57 Å². The van der Waals surface area contributed by atoms with E-state index in [1.54, 1.807) is 12.1 Å². The lowest BCUT2D eigenvalue weighted by Gasteiger charge is -2.02. The zero-order valence-corrected chi connectivity index (χ0v) is 15.5. The summed E-state index contributed by atoms with van der Waals surface area (Å²) in [7, 11) is 0. The number of ether oxygens (including phenoxy) is 1. The standard InChI is InChI=1S/C16H8BrClINO2/c17-10-3-1-2-9(6-10)7-14-16(21)22-15(20-14)12-8-11(19)4-5-13(12)18/h1-8H/b14-7-. The van der Waals surface area contributed by atoms with Gasteiger partial charge in [-0.25, -0.2) is 9.79 Å². The van der Waals surface area contributed by atoms with Crippen LogP contribution in [0.4, 0.5) is 0 Å². The highest BCUT2D eigenvalue weighted by atomic mass is 127. The van der Waals surface area contributed by atoms with Gasteiger partial charge in [-0.15, -0.1) is 0 Å². The fraction of sp³-hybridized carbons (Fsp3) is 0. The van der Waals surface area contributed by atoms with Crippen LogP contribution in [0.3, 0.4) is 0 Å². The molecule has 3 rings (SSSR count). The van der Waals surface area contributed by atoms with Crippen LogP contribution in [0.25, 0.3) is 6.08 Å². The molecular formula is C16H8BrClINO2. The number of carbonyl (C=O) groups excluding carboxylic acids is 1. The number of cyclic esters (lactones) is 1. The monoisotopic (exact) mass is 487 g/mol. The van der Waals surface area contributed by atoms with Crippen LogP contribution in [-0.2, 0) is 9.53 Å². The number of esters is 1. The first-order valence-corrected chi connectivity index (χ1v) is 8.51. The molecule has 1 heterocycles. The molecule has 1 aliphatic heterocycles. The fourth-order valence-corrected chi connectivity index (χ4v) is 3.05. The first-order valence-electron chi connectivity index (χ1n) is 6.26. The molecule has 0 bridgehead atoms. The smallest absolute Gasteiger partial charge is 0.363 e. The highest BCUT2D eigenvalue weighted by molar-refractivity contribution is 14.1. The molecule has 0 N–H and O–H groups in total. The molecule has 3 nitrogen and oxygen atoms in total. The van der Waals surface area contributed by atoms with Gasteiger partial charge < -0.3 is 4.74 Å². The van der Waals surface area contributed by atoms with Gasteiger partial charge in [-0.1, -0.05) is 39.7 Å². The molecule has 22 heavy (non-hydrogen) atoms. The summed E-state index contributed by atoms with van der Waals surface area (Å²) in [6, 6.07) is 13.0. The normalized spacial score (nSPS) is 15.9. The van der Waals surface area contributed by atoms with Crippen LogP contribution in [0.2, 0.25) is 5.02 Å². The van der Waals surface area contributed by atoms with Gasteiger partial charge in [0.1, 0.15) is 0 Å².